The van der Waals surface area contributed by atoms with Crippen molar-refractivity contribution >= 4 is 57.5 Å². The molecule has 2 saturated heterocycles. The van der Waals surface area contributed by atoms with Crippen molar-refractivity contribution in [2.75, 3.05) is 44.8 Å². The largest absolute Gasteiger partial charge is 0.491 e. The zero-order valence-electron chi connectivity index (χ0n) is 44.3. The Hall–Kier alpha value is -6.57. The van der Waals surface area contributed by atoms with Crippen LogP contribution < -0.4 is 25.4 Å². The van der Waals surface area contributed by atoms with Gasteiger partial charge >= 0.3 is 0 Å². The molecule has 0 unspecified atom stereocenters. The van der Waals surface area contributed by atoms with Crippen LogP contribution in [0.2, 0.25) is 0 Å². The van der Waals surface area contributed by atoms with Crippen molar-refractivity contribution in [2.45, 2.75) is 128 Å². The molecule has 3 aromatic carbocycles. The monoisotopic (exact) mass is 1080 g/mol. The Morgan fingerprint density at radius 3 is 2.38 bits per heavy atom. The van der Waals surface area contributed by atoms with E-state index in [1.807, 2.05) is 62.4 Å². The Bertz CT molecular complexity index is 2950. The number of β-amino-alcohol motifs (C(OH)–C–C–N with tert-alkyl or cyclic N) is 1. The third-order valence-corrected chi connectivity index (χ3v) is 16.5. The number of carbonyl (C=O) groups excluding carboxylic acids is 5. The summed E-state index contributed by atoms with van der Waals surface area (Å²) >= 11 is 1.49. The van der Waals surface area contributed by atoms with E-state index in [0.29, 0.717) is 41.8 Å². The number of nitrogens with zero attached hydrogens (tertiary/aromatic N) is 4. The Morgan fingerprint density at radius 1 is 0.922 bits per heavy atom. The second kappa shape index (κ2) is 23.6. The first kappa shape index (κ1) is 55.2. The topological polar surface area (TPSA) is 202 Å². The molecule has 4 N–H and O–H groups in total. The van der Waals surface area contributed by atoms with Crippen LogP contribution in [-0.4, -0.2) is 124 Å². The molecular weight excluding hydrogens is 1010 g/mol. The number of fused-ring (bicyclic) bond motifs is 1. The average Bonchev–Trinajstić information content (AvgIpc) is 3.81. The second-order valence-electron chi connectivity index (χ2n) is 22.2. The smallest absolute Gasteiger partial charge is 0.258 e. The molecule has 4 aliphatic rings. The molecule has 0 bridgehead atoms. The summed E-state index contributed by atoms with van der Waals surface area (Å²) in [5.41, 5.74) is 3.95. The Balaban J connectivity index is 0.692. The quantitative estimate of drug-likeness (QED) is 0.0550. The molecule has 5 amide bonds. The van der Waals surface area contributed by atoms with E-state index < -0.39 is 47.0 Å². The van der Waals surface area contributed by atoms with Gasteiger partial charge in [-0.1, -0.05) is 39.8 Å². The van der Waals surface area contributed by atoms with E-state index in [9.17, 15) is 37.9 Å². The third-order valence-electron chi connectivity index (χ3n) is 15.5. The standard InChI is InChI=1S/C58H69F2N7O9S/c1-34(36-6-8-37(9-7-36)45-18-22-61-47-17-12-40(59)27-46(45)47)53(70)64-41-13-15-43(16-14-41)76-44-31-66(32-44)50(69)19-23-74-24-25-75-49-26-38(51-35(2)63-33-77-51)10-11-39(49)29-62-54(71)48-28-42(68)30-67(48)55(72)52(57(3,4)5)65-56(73)58(60)20-21-58/h10-18,22,26-27,33-34,36-37,42,44,48,52,68H,6-9,19-21,23-25,28-32H2,1-5H3,(H,62,71)(H,64,70)(H,65,73)/t34-,36?,37?,42-,48+,52-/m1/s1. The van der Waals surface area contributed by atoms with Crippen molar-refractivity contribution in [3.8, 4) is 21.9 Å². The van der Waals surface area contributed by atoms with E-state index >= 15 is 0 Å². The van der Waals surface area contributed by atoms with Gasteiger partial charge in [0, 0.05) is 48.3 Å². The second-order valence-corrected chi connectivity index (χ2v) is 23.0. The molecule has 2 saturated carbocycles. The van der Waals surface area contributed by atoms with Crippen LogP contribution in [0.5, 0.6) is 11.5 Å². The molecule has 4 fully saturated rings. The highest BCUT2D eigenvalue weighted by atomic mass is 32.1. The lowest BCUT2D eigenvalue weighted by Gasteiger charge is -2.39. The highest BCUT2D eigenvalue weighted by Crippen LogP contribution is 2.42. The van der Waals surface area contributed by atoms with Crippen molar-refractivity contribution in [2.24, 2.45) is 17.3 Å². The van der Waals surface area contributed by atoms with Crippen LogP contribution in [0.3, 0.4) is 0 Å². The van der Waals surface area contributed by atoms with Gasteiger partial charge in [0.05, 0.1) is 60.4 Å². The number of likely N-dealkylation sites (tertiary alicyclic amines) is 2. The summed E-state index contributed by atoms with van der Waals surface area (Å²) in [7, 11) is 0. The van der Waals surface area contributed by atoms with Gasteiger partial charge < -0.3 is 45.1 Å². The molecule has 19 heteroatoms. The number of nitrogens with one attached hydrogen (secondary N) is 3. The van der Waals surface area contributed by atoms with E-state index in [2.05, 4.69) is 25.9 Å². The highest BCUT2D eigenvalue weighted by molar-refractivity contribution is 7.13. The number of halogens is 2. The van der Waals surface area contributed by atoms with Gasteiger partial charge in [-0.2, -0.15) is 0 Å². The van der Waals surface area contributed by atoms with E-state index in [1.54, 1.807) is 49.5 Å². The van der Waals surface area contributed by atoms with Crippen molar-refractivity contribution < 1.29 is 52.1 Å². The molecule has 77 heavy (non-hydrogen) atoms. The number of rotatable bonds is 20. The van der Waals surface area contributed by atoms with Crippen LogP contribution in [0, 0.1) is 30.0 Å². The number of carbonyl (C=O) groups is 5. The zero-order chi connectivity index (χ0) is 54.6. The molecule has 5 aromatic rings. The number of hydrogen-bond acceptors (Lipinski definition) is 12. The van der Waals surface area contributed by atoms with E-state index in [1.165, 1.54) is 22.3 Å². The van der Waals surface area contributed by atoms with Crippen molar-refractivity contribution in [3.05, 3.63) is 101 Å². The molecule has 2 aliphatic carbocycles. The number of aromatic nitrogens is 2. The molecule has 410 valence electrons. The molecule has 0 spiro atoms. The first-order valence-electron chi connectivity index (χ1n) is 26.7. The van der Waals surface area contributed by atoms with Crippen molar-refractivity contribution in [3.63, 3.8) is 0 Å². The fourth-order valence-corrected chi connectivity index (χ4v) is 11.4. The SMILES string of the molecule is Cc1ncsc1-c1ccc(CNC(=O)[C@@H]2C[C@@H](O)CN2C(=O)[C@@H](NC(=O)C2(F)CC2)C(C)(C)C)c(OCCOCCC(=O)N2CC(Oc3ccc(NC(=O)[C@H](C)C4CCC(c5ccnc6ccc(F)cc56)CC4)cc3)C2)c1. The molecule has 9 rings (SSSR count). The van der Waals surface area contributed by atoms with E-state index in [-0.39, 0.29) is 94.2 Å². The van der Waals surface area contributed by atoms with Gasteiger partial charge in [-0.05, 0) is 128 Å². The summed E-state index contributed by atoms with van der Waals surface area (Å²) in [5.74, 6) is -0.753. The minimum Gasteiger partial charge on any atom is -0.491 e. The maximum Gasteiger partial charge on any atom is 0.258 e. The fraction of sp³-hybridized carbons (Fsp3) is 0.500. The van der Waals surface area contributed by atoms with Crippen LogP contribution in [0.4, 0.5) is 14.5 Å². The first-order chi connectivity index (χ1) is 36.8. The van der Waals surface area contributed by atoms with Gasteiger partial charge in [-0.3, -0.25) is 29.0 Å². The van der Waals surface area contributed by atoms with Gasteiger partial charge in [-0.25, -0.2) is 13.8 Å². The maximum atomic E-state index is 14.7. The lowest BCUT2D eigenvalue weighted by Crippen LogP contribution is -2.59. The number of aryl methyl sites for hydroxylation is 1. The van der Waals surface area contributed by atoms with Crippen LogP contribution in [-0.2, 0) is 35.3 Å². The van der Waals surface area contributed by atoms with Gasteiger partial charge in [0.1, 0.15) is 42.1 Å². The number of thiazole rings is 1. The summed E-state index contributed by atoms with van der Waals surface area (Å²) < 4.78 is 46.9. The summed E-state index contributed by atoms with van der Waals surface area (Å²) in [6, 6.07) is 17.5. The van der Waals surface area contributed by atoms with Crippen LogP contribution in [0.15, 0.2) is 78.4 Å². The summed E-state index contributed by atoms with van der Waals surface area (Å²) in [5, 5.41) is 20.1. The number of hydrogen-bond donors (Lipinski definition) is 4. The first-order valence-corrected chi connectivity index (χ1v) is 27.6. The molecule has 2 aliphatic heterocycles. The normalized spacial score (nSPS) is 20.9. The average molecular weight is 1080 g/mol. The van der Waals surface area contributed by atoms with Gasteiger partial charge in [0.2, 0.25) is 23.6 Å². The molecule has 4 atom stereocenters. The van der Waals surface area contributed by atoms with E-state index in [0.717, 1.165) is 58.3 Å². The van der Waals surface area contributed by atoms with Crippen molar-refractivity contribution in [1.82, 2.24) is 30.4 Å². The Morgan fingerprint density at radius 2 is 1.68 bits per heavy atom. The minimum atomic E-state index is -1.99. The summed E-state index contributed by atoms with van der Waals surface area (Å²) in [6.45, 7) is 10.5. The number of ether oxygens (including phenoxy) is 3. The fourth-order valence-electron chi connectivity index (χ4n) is 10.6. The zero-order valence-corrected chi connectivity index (χ0v) is 45.1. The van der Waals surface area contributed by atoms with Crippen LogP contribution >= 0.6 is 11.3 Å². The molecule has 16 nitrogen and oxygen atoms in total. The summed E-state index contributed by atoms with van der Waals surface area (Å²) in [6.07, 6.45) is 4.68. The number of alkyl halides is 1. The predicted octanol–water partition coefficient (Wildman–Crippen LogP) is 8.04. The molecule has 4 heterocycles. The van der Waals surface area contributed by atoms with E-state index in [4.69, 9.17) is 14.2 Å². The van der Waals surface area contributed by atoms with Crippen molar-refractivity contribution in [1.29, 1.82) is 0 Å². The predicted molar refractivity (Wildman–Crippen MR) is 287 cm³/mol. The van der Waals surface area contributed by atoms with Crippen LogP contribution in [0.1, 0.15) is 102 Å². The number of aliphatic hydroxyl groups excluding tert-OH is 1. The number of pyridine rings is 1. The number of benzene rings is 3. The maximum absolute atomic E-state index is 14.7. The Labute approximate surface area is 451 Å². The Kier molecular flexibility index (Phi) is 16.9. The van der Waals surface area contributed by atoms with Crippen LogP contribution in [0.25, 0.3) is 21.3 Å². The number of anilines is 1. The van der Waals surface area contributed by atoms with Gasteiger partial charge in [-0.15, -0.1) is 11.3 Å². The lowest BCUT2D eigenvalue weighted by atomic mass is 9.73. The van der Waals surface area contributed by atoms with Gasteiger partial charge in [0.25, 0.3) is 5.91 Å². The molecule has 2 aromatic heterocycles. The lowest BCUT2D eigenvalue weighted by molar-refractivity contribution is -0.145. The number of amides is 5. The third kappa shape index (κ3) is 13.2. The highest BCUT2D eigenvalue weighted by Gasteiger charge is 2.53. The molecule has 0 radical (unpaired) electrons. The minimum absolute atomic E-state index is 0.00448. The molecular formula is C58H69F2N7O9S. The van der Waals surface area contributed by atoms with Gasteiger partial charge in [0.15, 0.2) is 5.67 Å². The summed E-state index contributed by atoms with van der Waals surface area (Å²) in [4.78, 5) is 79.5. The number of aliphatic hydroxyl groups is 1.